The number of nitrogens with one attached hydrogen (secondary N) is 4. The number of nitrogens with two attached hydrogens (primary N) is 2. The van der Waals surface area contributed by atoms with Gasteiger partial charge >= 0.3 is 0 Å². The first-order chi connectivity index (χ1) is 24.2. The third-order valence-electron chi connectivity index (χ3n) is 8.96. The van der Waals surface area contributed by atoms with Crippen molar-refractivity contribution in [2.24, 2.45) is 11.5 Å². The van der Waals surface area contributed by atoms with E-state index in [4.69, 9.17) is 23.1 Å². The molecule has 266 valence electrons. The maximum atomic E-state index is 15.5. The molecule has 3 unspecified atom stereocenters. The van der Waals surface area contributed by atoms with Crippen molar-refractivity contribution in [3.63, 3.8) is 0 Å². The van der Waals surface area contributed by atoms with Gasteiger partial charge in [0.05, 0.1) is 11.1 Å². The predicted octanol–water partition coefficient (Wildman–Crippen LogP) is 4.02. The number of pyridine rings is 1. The van der Waals surface area contributed by atoms with Crippen LogP contribution in [0.25, 0.3) is 10.9 Å². The van der Waals surface area contributed by atoms with Crippen LogP contribution in [0.3, 0.4) is 0 Å². The third-order valence-corrected chi connectivity index (χ3v) is 10.6. The second-order valence-electron chi connectivity index (χ2n) is 12.4. The number of amides is 3. The van der Waals surface area contributed by atoms with Gasteiger partial charge in [0, 0.05) is 60.3 Å². The van der Waals surface area contributed by atoms with Crippen LogP contribution in [0.15, 0.2) is 70.8 Å². The Morgan fingerprint density at radius 3 is 2.54 bits per heavy atom. The van der Waals surface area contributed by atoms with Crippen molar-refractivity contribution in [3.8, 4) is 0 Å². The third kappa shape index (κ3) is 9.01. The van der Waals surface area contributed by atoms with E-state index in [0.717, 1.165) is 22.0 Å². The summed E-state index contributed by atoms with van der Waals surface area (Å²) in [6.45, 7) is 0.894. The van der Waals surface area contributed by atoms with Gasteiger partial charge in [0.15, 0.2) is 0 Å². The Morgan fingerprint density at radius 2 is 1.74 bits per heavy atom. The van der Waals surface area contributed by atoms with Crippen molar-refractivity contribution in [1.29, 1.82) is 0 Å². The predicted molar refractivity (Wildman–Crippen MR) is 194 cm³/mol. The lowest BCUT2D eigenvalue weighted by atomic mass is 10.0. The standard InChI is InChI=1S/C36H44ClFN8O3S/c1-46-31(18-23-20-42-28-10-3-2-9-24(23)28)34(48)44-21-25-27(38)14-13-26(37)32(25)50-35-22(8-7-17-41-35)19-43-29(12-6-16-40)33(47)45-30(36(46)49)11-4-5-15-39/h2-3,7-10,13-14,17,20,29-31,42-43H,4-6,11-12,15-16,18-19,21,39-40H2,1H3,(H,44,48)(H,45,47). The number of fused-ring (bicyclic) bond motifs is 3. The van der Waals surface area contributed by atoms with Crippen LogP contribution in [-0.4, -0.2) is 70.9 Å². The number of halogens is 2. The van der Waals surface area contributed by atoms with Gasteiger partial charge in [0.2, 0.25) is 17.7 Å². The number of carbonyl (C=O) groups excluding carboxylic acids is 3. The fraction of sp³-hybridized carbons (Fsp3) is 0.389. The molecule has 0 radical (unpaired) electrons. The van der Waals surface area contributed by atoms with Gasteiger partial charge in [-0.3, -0.25) is 14.4 Å². The fourth-order valence-electron chi connectivity index (χ4n) is 6.11. The highest BCUT2D eigenvalue weighted by Gasteiger charge is 2.34. The summed E-state index contributed by atoms with van der Waals surface area (Å²) in [5.41, 5.74) is 14.3. The first-order valence-electron chi connectivity index (χ1n) is 16.8. The van der Waals surface area contributed by atoms with E-state index in [1.165, 1.54) is 28.8 Å². The van der Waals surface area contributed by atoms with Gasteiger partial charge in [0.1, 0.15) is 22.9 Å². The number of likely N-dealkylation sites (N-methyl/N-ethyl adjacent to an activating group) is 1. The number of aromatic amines is 1. The van der Waals surface area contributed by atoms with Gasteiger partial charge in [-0.15, -0.1) is 0 Å². The lowest BCUT2D eigenvalue weighted by Crippen LogP contribution is -2.57. The molecule has 0 fully saturated rings. The molecule has 4 aromatic rings. The molecule has 2 aromatic heterocycles. The molecule has 8 N–H and O–H groups in total. The van der Waals surface area contributed by atoms with Crippen LogP contribution in [-0.2, 0) is 33.9 Å². The van der Waals surface area contributed by atoms with Crippen molar-refractivity contribution in [2.45, 2.75) is 79.7 Å². The summed E-state index contributed by atoms with van der Waals surface area (Å²) >= 11 is 7.84. The quantitative estimate of drug-likeness (QED) is 0.141. The smallest absolute Gasteiger partial charge is 0.245 e. The van der Waals surface area contributed by atoms with E-state index in [9.17, 15) is 14.4 Å². The highest BCUT2D eigenvalue weighted by atomic mass is 35.5. The maximum Gasteiger partial charge on any atom is 0.245 e. The average Bonchev–Trinajstić information content (AvgIpc) is 3.53. The Labute approximate surface area is 300 Å². The highest BCUT2D eigenvalue weighted by molar-refractivity contribution is 7.99. The van der Waals surface area contributed by atoms with Crippen LogP contribution < -0.4 is 27.4 Å². The number of carbonyl (C=O) groups is 3. The lowest BCUT2D eigenvalue weighted by molar-refractivity contribution is -0.142. The van der Waals surface area contributed by atoms with E-state index in [1.54, 1.807) is 19.3 Å². The van der Waals surface area contributed by atoms with Crippen LogP contribution in [0.5, 0.6) is 0 Å². The molecule has 11 nitrogen and oxygen atoms in total. The zero-order valence-corrected chi connectivity index (χ0v) is 29.6. The Kier molecular flexibility index (Phi) is 13.2. The molecule has 0 aliphatic carbocycles. The second kappa shape index (κ2) is 17.8. The molecule has 1 aliphatic heterocycles. The Morgan fingerprint density at radius 1 is 0.960 bits per heavy atom. The largest absolute Gasteiger partial charge is 0.361 e. The zero-order chi connectivity index (χ0) is 35.6. The molecule has 14 heteroatoms. The van der Waals surface area contributed by atoms with Crippen LogP contribution in [0.2, 0.25) is 5.02 Å². The molecule has 0 spiro atoms. The van der Waals surface area contributed by atoms with Crippen molar-refractivity contribution in [2.75, 3.05) is 20.1 Å². The summed E-state index contributed by atoms with van der Waals surface area (Å²) in [6, 6.07) is 11.5. The number of nitrogens with zero attached hydrogens (tertiary/aromatic N) is 2. The van der Waals surface area contributed by atoms with Crippen LogP contribution >= 0.6 is 23.4 Å². The Hall–Kier alpha value is -4.01. The maximum absolute atomic E-state index is 15.5. The first-order valence-corrected chi connectivity index (χ1v) is 18.0. The summed E-state index contributed by atoms with van der Waals surface area (Å²) in [6.07, 6.45) is 6.20. The Bertz CT molecular complexity index is 1810. The highest BCUT2D eigenvalue weighted by Crippen LogP contribution is 2.38. The topological polar surface area (TPSA) is 171 Å². The van der Waals surface area contributed by atoms with Crippen LogP contribution in [0.4, 0.5) is 4.39 Å². The number of H-pyrrole nitrogens is 1. The number of aromatic nitrogens is 2. The van der Waals surface area contributed by atoms with Gasteiger partial charge in [-0.1, -0.05) is 47.6 Å². The van der Waals surface area contributed by atoms with E-state index in [-0.39, 0.29) is 31.0 Å². The summed E-state index contributed by atoms with van der Waals surface area (Å²) in [5, 5.41) is 11.0. The molecular formula is C36H44ClFN8O3S. The normalized spacial score (nSPS) is 19.4. The number of unbranched alkanes of at least 4 members (excludes halogenated alkanes) is 1. The molecule has 0 saturated heterocycles. The van der Waals surface area contributed by atoms with Crippen molar-refractivity contribution in [3.05, 3.63) is 88.5 Å². The summed E-state index contributed by atoms with van der Waals surface area (Å²) in [4.78, 5) is 52.0. The number of para-hydroxylation sites is 1. The molecular weight excluding hydrogens is 679 g/mol. The molecule has 1 aliphatic rings. The van der Waals surface area contributed by atoms with E-state index >= 15 is 4.39 Å². The van der Waals surface area contributed by atoms with E-state index < -0.39 is 35.8 Å². The summed E-state index contributed by atoms with van der Waals surface area (Å²) in [7, 11) is 1.56. The van der Waals surface area contributed by atoms with Gasteiger partial charge in [-0.2, -0.15) is 0 Å². The molecule has 2 aromatic carbocycles. The summed E-state index contributed by atoms with van der Waals surface area (Å²) < 4.78 is 15.5. The first kappa shape index (κ1) is 37.3. The molecule has 0 saturated carbocycles. The molecule has 3 amide bonds. The van der Waals surface area contributed by atoms with Gasteiger partial charge in [-0.25, -0.2) is 9.37 Å². The number of hydrogen-bond donors (Lipinski definition) is 6. The molecule has 50 heavy (non-hydrogen) atoms. The molecule has 3 atom stereocenters. The molecule has 0 bridgehead atoms. The minimum Gasteiger partial charge on any atom is -0.361 e. The Balaban J connectivity index is 1.58. The zero-order valence-electron chi connectivity index (χ0n) is 28.0. The molecule has 5 rings (SSSR count). The van der Waals surface area contributed by atoms with Gasteiger partial charge < -0.3 is 37.3 Å². The minimum absolute atomic E-state index is 0.166. The molecule has 3 heterocycles. The number of rotatable bonds is 9. The van der Waals surface area contributed by atoms with Crippen molar-refractivity contribution >= 4 is 52.0 Å². The second-order valence-corrected chi connectivity index (χ2v) is 13.8. The van der Waals surface area contributed by atoms with Gasteiger partial charge in [0.25, 0.3) is 0 Å². The fourth-order valence-corrected chi connectivity index (χ4v) is 7.44. The van der Waals surface area contributed by atoms with Gasteiger partial charge in [-0.05, 0) is 80.6 Å². The van der Waals surface area contributed by atoms with E-state index in [1.807, 2.05) is 36.5 Å². The van der Waals surface area contributed by atoms with Crippen LogP contribution in [0.1, 0.15) is 48.8 Å². The average molecular weight is 723 g/mol. The SMILES string of the molecule is CN1C(=O)C(CCCCN)NC(=O)C(CCCN)NCc2cccnc2Sc2c(Cl)ccc(F)c2CNC(=O)C1Cc1c[nH]c2ccccc12. The van der Waals surface area contributed by atoms with Crippen molar-refractivity contribution < 1.29 is 18.8 Å². The van der Waals surface area contributed by atoms with E-state index in [0.29, 0.717) is 60.1 Å². The monoisotopic (exact) mass is 722 g/mol. The van der Waals surface area contributed by atoms with Crippen LogP contribution in [0, 0.1) is 5.82 Å². The van der Waals surface area contributed by atoms with Crippen molar-refractivity contribution in [1.82, 2.24) is 30.8 Å². The summed E-state index contributed by atoms with van der Waals surface area (Å²) in [5.74, 6) is -1.80. The minimum atomic E-state index is -1.00. The lowest BCUT2D eigenvalue weighted by Gasteiger charge is -2.32. The van der Waals surface area contributed by atoms with E-state index in [2.05, 4.69) is 25.9 Å². The number of hydrogen-bond acceptors (Lipinski definition) is 8. The number of benzene rings is 2.